The number of nitrogens with zero attached hydrogens (tertiary/aromatic N) is 4. The van der Waals surface area contributed by atoms with Crippen molar-refractivity contribution in [2.75, 3.05) is 57.2 Å². The summed E-state index contributed by atoms with van der Waals surface area (Å²) in [6.07, 6.45) is 2.71. The largest absolute Gasteiger partial charge is 0.383 e. The Hall–Kier alpha value is -1.40. The number of rotatable bonds is 8. The minimum atomic E-state index is 0.672. The SMILES string of the molecule is COCCN(CCCN)c1ccnc(N(C)C)n1. The van der Waals surface area contributed by atoms with Crippen molar-refractivity contribution in [3.05, 3.63) is 12.3 Å². The standard InChI is InChI=1S/C12H23N5O/c1-16(2)12-14-7-5-11(15-12)17(8-4-6-13)9-10-18-3/h5,7H,4,6,8-10,13H2,1-3H3. The lowest BCUT2D eigenvalue weighted by molar-refractivity contribution is 0.205. The van der Waals surface area contributed by atoms with Gasteiger partial charge >= 0.3 is 0 Å². The van der Waals surface area contributed by atoms with Crippen LogP contribution in [0.25, 0.3) is 0 Å². The van der Waals surface area contributed by atoms with E-state index in [0.717, 1.165) is 25.3 Å². The summed E-state index contributed by atoms with van der Waals surface area (Å²) in [6.45, 7) is 3.03. The second-order valence-electron chi connectivity index (χ2n) is 4.23. The average Bonchev–Trinajstić information content (AvgIpc) is 2.39. The van der Waals surface area contributed by atoms with E-state index in [2.05, 4.69) is 14.9 Å². The minimum absolute atomic E-state index is 0.672. The Morgan fingerprint density at radius 1 is 1.33 bits per heavy atom. The van der Waals surface area contributed by atoms with Crippen LogP contribution >= 0.6 is 0 Å². The molecule has 1 heterocycles. The molecule has 102 valence electrons. The van der Waals surface area contributed by atoms with Crippen LogP contribution in [0.3, 0.4) is 0 Å². The van der Waals surface area contributed by atoms with Crippen LogP contribution in [0.15, 0.2) is 12.3 Å². The number of anilines is 2. The van der Waals surface area contributed by atoms with Crippen molar-refractivity contribution in [3.8, 4) is 0 Å². The Labute approximate surface area is 109 Å². The molecule has 0 bridgehead atoms. The van der Waals surface area contributed by atoms with E-state index in [4.69, 9.17) is 10.5 Å². The molecule has 0 radical (unpaired) electrons. The number of aromatic nitrogens is 2. The smallest absolute Gasteiger partial charge is 0.226 e. The number of nitrogens with two attached hydrogens (primary N) is 1. The third kappa shape index (κ3) is 4.46. The van der Waals surface area contributed by atoms with Gasteiger partial charge in [0.25, 0.3) is 0 Å². The summed E-state index contributed by atoms with van der Waals surface area (Å²) in [4.78, 5) is 12.8. The Balaban J connectivity index is 2.78. The van der Waals surface area contributed by atoms with Crippen molar-refractivity contribution in [3.63, 3.8) is 0 Å². The predicted octanol–water partition coefficient (Wildman–Crippen LogP) is 0.344. The zero-order chi connectivity index (χ0) is 13.4. The molecule has 0 aromatic carbocycles. The molecule has 18 heavy (non-hydrogen) atoms. The molecule has 0 spiro atoms. The van der Waals surface area contributed by atoms with E-state index < -0.39 is 0 Å². The van der Waals surface area contributed by atoms with Crippen molar-refractivity contribution >= 4 is 11.8 Å². The van der Waals surface area contributed by atoms with E-state index >= 15 is 0 Å². The molecule has 0 unspecified atom stereocenters. The Morgan fingerprint density at radius 3 is 2.72 bits per heavy atom. The molecule has 0 saturated heterocycles. The first-order chi connectivity index (χ1) is 8.69. The van der Waals surface area contributed by atoms with Crippen LogP contribution in [0.1, 0.15) is 6.42 Å². The van der Waals surface area contributed by atoms with Crippen molar-refractivity contribution < 1.29 is 4.74 Å². The lowest BCUT2D eigenvalue weighted by Crippen LogP contribution is -2.30. The number of hydrogen-bond donors (Lipinski definition) is 1. The van der Waals surface area contributed by atoms with Gasteiger partial charge in [-0.3, -0.25) is 0 Å². The fraction of sp³-hybridized carbons (Fsp3) is 0.667. The van der Waals surface area contributed by atoms with Crippen molar-refractivity contribution in [1.29, 1.82) is 0 Å². The van der Waals surface area contributed by atoms with E-state index in [1.807, 2.05) is 25.1 Å². The molecule has 1 aromatic heterocycles. The number of methoxy groups -OCH3 is 1. The van der Waals surface area contributed by atoms with Gasteiger partial charge in [-0.15, -0.1) is 0 Å². The highest BCUT2D eigenvalue weighted by Gasteiger charge is 2.09. The summed E-state index contributed by atoms with van der Waals surface area (Å²) in [7, 11) is 5.56. The molecule has 6 heteroatoms. The van der Waals surface area contributed by atoms with Crippen LogP contribution in [-0.2, 0) is 4.74 Å². The normalized spacial score (nSPS) is 10.4. The van der Waals surface area contributed by atoms with Crippen molar-refractivity contribution in [1.82, 2.24) is 9.97 Å². The number of ether oxygens (including phenoxy) is 1. The van der Waals surface area contributed by atoms with Crippen LogP contribution in [0.2, 0.25) is 0 Å². The first-order valence-corrected chi connectivity index (χ1v) is 6.13. The van der Waals surface area contributed by atoms with Crippen molar-refractivity contribution in [2.45, 2.75) is 6.42 Å². The molecular weight excluding hydrogens is 230 g/mol. The second kappa shape index (κ2) is 7.84. The highest BCUT2D eigenvalue weighted by Crippen LogP contribution is 2.13. The molecule has 0 aliphatic rings. The van der Waals surface area contributed by atoms with E-state index in [-0.39, 0.29) is 0 Å². The van der Waals surface area contributed by atoms with Crippen LogP contribution in [0.5, 0.6) is 0 Å². The summed E-state index contributed by atoms with van der Waals surface area (Å²) >= 11 is 0. The van der Waals surface area contributed by atoms with Gasteiger partial charge in [-0.2, -0.15) is 4.98 Å². The molecule has 0 fully saturated rings. The van der Waals surface area contributed by atoms with E-state index in [1.54, 1.807) is 13.3 Å². The molecule has 0 saturated carbocycles. The molecular formula is C12H23N5O. The van der Waals surface area contributed by atoms with Crippen LogP contribution < -0.4 is 15.5 Å². The maximum Gasteiger partial charge on any atom is 0.226 e. The predicted molar refractivity (Wildman–Crippen MR) is 74.1 cm³/mol. The Bertz CT molecular complexity index is 337. The van der Waals surface area contributed by atoms with E-state index in [9.17, 15) is 0 Å². The molecule has 0 atom stereocenters. The first kappa shape index (κ1) is 14.7. The summed E-state index contributed by atoms with van der Waals surface area (Å²) in [5, 5.41) is 0. The third-order valence-electron chi connectivity index (χ3n) is 2.55. The van der Waals surface area contributed by atoms with Gasteiger partial charge in [0.15, 0.2) is 0 Å². The molecule has 1 rings (SSSR count). The summed E-state index contributed by atoms with van der Waals surface area (Å²) in [5.41, 5.74) is 5.56. The van der Waals surface area contributed by atoms with Crippen LogP contribution in [0.4, 0.5) is 11.8 Å². The average molecular weight is 253 g/mol. The third-order valence-corrected chi connectivity index (χ3v) is 2.55. The summed E-state index contributed by atoms with van der Waals surface area (Å²) < 4.78 is 5.12. The van der Waals surface area contributed by atoms with Gasteiger partial charge in [0.05, 0.1) is 6.61 Å². The van der Waals surface area contributed by atoms with Gasteiger partial charge in [0, 0.05) is 40.5 Å². The summed E-state index contributed by atoms with van der Waals surface area (Å²) in [5.74, 6) is 1.63. The zero-order valence-corrected chi connectivity index (χ0v) is 11.5. The lowest BCUT2D eigenvalue weighted by Gasteiger charge is -2.24. The number of hydrogen-bond acceptors (Lipinski definition) is 6. The van der Waals surface area contributed by atoms with Gasteiger partial charge in [-0.1, -0.05) is 0 Å². The maximum absolute atomic E-state index is 5.56. The highest BCUT2D eigenvalue weighted by molar-refractivity contribution is 5.43. The zero-order valence-electron chi connectivity index (χ0n) is 11.5. The van der Waals surface area contributed by atoms with Gasteiger partial charge in [0.2, 0.25) is 5.95 Å². The topological polar surface area (TPSA) is 67.5 Å². The van der Waals surface area contributed by atoms with Gasteiger partial charge in [-0.05, 0) is 19.0 Å². The Kier molecular flexibility index (Phi) is 6.38. The molecule has 6 nitrogen and oxygen atoms in total. The monoisotopic (exact) mass is 253 g/mol. The van der Waals surface area contributed by atoms with E-state index in [1.165, 1.54) is 0 Å². The quantitative estimate of drug-likeness (QED) is 0.721. The van der Waals surface area contributed by atoms with Gasteiger partial charge in [-0.25, -0.2) is 4.98 Å². The Morgan fingerprint density at radius 2 is 2.11 bits per heavy atom. The van der Waals surface area contributed by atoms with Gasteiger partial charge in [0.1, 0.15) is 5.82 Å². The lowest BCUT2D eigenvalue weighted by atomic mass is 10.3. The van der Waals surface area contributed by atoms with Crippen molar-refractivity contribution in [2.24, 2.45) is 5.73 Å². The molecule has 2 N–H and O–H groups in total. The van der Waals surface area contributed by atoms with Crippen LogP contribution in [0, 0.1) is 0 Å². The molecule has 0 amide bonds. The molecule has 1 aromatic rings. The minimum Gasteiger partial charge on any atom is -0.383 e. The fourth-order valence-electron chi connectivity index (χ4n) is 1.56. The molecule has 0 aliphatic heterocycles. The first-order valence-electron chi connectivity index (χ1n) is 6.13. The maximum atomic E-state index is 5.56. The second-order valence-corrected chi connectivity index (χ2v) is 4.23. The highest BCUT2D eigenvalue weighted by atomic mass is 16.5. The molecule has 0 aliphatic carbocycles. The van der Waals surface area contributed by atoms with E-state index in [0.29, 0.717) is 19.1 Å². The fourth-order valence-corrected chi connectivity index (χ4v) is 1.56. The summed E-state index contributed by atoms with van der Waals surface area (Å²) in [6, 6.07) is 1.92. The van der Waals surface area contributed by atoms with Crippen LogP contribution in [-0.4, -0.2) is 57.4 Å². The van der Waals surface area contributed by atoms with Gasteiger partial charge < -0.3 is 20.3 Å².